The molecule has 0 aromatic heterocycles. The Labute approximate surface area is 62.5 Å². The molecule has 0 bridgehead atoms. The summed E-state index contributed by atoms with van der Waals surface area (Å²) in [6.45, 7) is 4.34. The lowest BCUT2D eigenvalue weighted by molar-refractivity contribution is -0.00000169. The van der Waals surface area contributed by atoms with Crippen LogP contribution in [0.25, 0.3) is 0 Å². The summed E-state index contributed by atoms with van der Waals surface area (Å²) in [4.78, 5) is 2.25. The molecule has 52 valence electrons. The Bertz CT molecular complexity index is 118. The summed E-state index contributed by atoms with van der Waals surface area (Å²) in [5.41, 5.74) is 0. The van der Waals surface area contributed by atoms with Gasteiger partial charge in [-0.2, -0.15) is 0 Å². The predicted molar refractivity (Wildman–Crippen MR) is 35.5 cm³/mol. The van der Waals surface area contributed by atoms with Gasteiger partial charge in [-0.15, -0.1) is 0 Å². The van der Waals surface area contributed by atoms with E-state index in [2.05, 4.69) is 36.3 Å². The number of allylic oxidation sites excluding steroid dienone is 2. The zero-order chi connectivity index (χ0) is 5.82. The van der Waals surface area contributed by atoms with Crippen LogP contribution >= 0.6 is 0 Å². The van der Waals surface area contributed by atoms with Gasteiger partial charge in [0.15, 0.2) is 0 Å². The van der Waals surface area contributed by atoms with Crippen molar-refractivity contribution in [3.63, 3.8) is 0 Å². The second-order valence-electron chi connectivity index (χ2n) is 1.86. The van der Waals surface area contributed by atoms with E-state index in [0.29, 0.717) is 0 Å². The maximum absolute atomic E-state index is 2.25. The van der Waals surface area contributed by atoms with Crippen molar-refractivity contribution < 1.29 is 12.4 Å². The summed E-state index contributed by atoms with van der Waals surface area (Å²) in [6, 6.07) is 0. The first kappa shape index (κ1) is 8.57. The quantitative estimate of drug-likeness (QED) is 0.429. The molecule has 2 heteroatoms. The Morgan fingerprint density at radius 2 is 2.22 bits per heavy atom. The molecule has 9 heavy (non-hydrogen) atoms. The topological polar surface area (TPSA) is 3.24 Å². The Balaban J connectivity index is 0.000000640. The first-order chi connectivity index (χ1) is 3.93. The zero-order valence-corrected chi connectivity index (χ0v) is 6.30. The van der Waals surface area contributed by atoms with E-state index in [1.54, 1.807) is 0 Å². The first-order valence-electron chi connectivity index (χ1n) is 3.01. The molecule has 1 heterocycles. The van der Waals surface area contributed by atoms with E-state index in [1.807, 2.05) is 0 Å². The van der Waals surface area contributed by atoms with Gasteiger partial charge >= 0.3 is 0 Å². The van der Waals surface area contributed by atoms with E-state index in [0.717, 1.165) is 13.1 Å². The van der Waals surface area contributed by atoms with E-state index in [4.69, 9.17) is 0 Å². The number of hydrogen-bond donors (Lipinski definition) is 0. The van der Waals surface area contributed by atoms with Crippen molar-refractivity contribution in [2.24, 2.45) is 0 Å². The predicted octanol–water partition coefficient (Wildman–Crippen LogP) is -1.60. The Hall–Kier alpha value is -0.430. The maximum Gasteiger partial charge on any atom is 0.0356 e. The zero-order valence-electron chi connectivity index (χ0n) is 5.55. The highest BCUT2D eigenvalue weighted by Gasteiger charge is 1.91. The molecule has 0 aromatic rings. The molecule has 1 aliphatic rings. The van der Waals surface area contributed by atoms with Gasteiger partial charge in [0, 0.05) is 13.1 Å². The molecule has 0 N–H and O–H groups in total. The minimum Gasteiger partial charge on any atom is -1.00 e. The van der Waals surface area contributed by atoms with Crippen LogP contribution in [0.1, 0.15) is 6.92 Å². The van der Waals surface area contributed by atoms with Crippen LogP contribution < -0.4 is 12.4 Å². The molecule has 0 fully saturated rings. The standard InChI is InChI=1S/C7H11N.ClH/c1-2-8-6-4-3-5-7-8;/h3-6H,2,7H2,1H3;1H/p-1. The summed E-state index contributed by atoms with van der Waals surface area (Å²) in [6.07, 6.45) is 8.41. The van der Waals surface area contributed by atoms with Gasteiger partial charge in [-0.25, -0.2) is 0 Å². The monoisotopic (exact) mass is 144 g/mol. The molecular weight excluding hydrogens is 134 g/mol. The van der Waals surface area contributed by atoms with Gasteiger partial charge in [0.2, 0.25) is 0 Å². The number of hydrogen-bond acceptors (Lipinski definition) is 1. The molecule has 0 aliphatic carbocycles. The normalized spacial score (nSPS) is 15.4. The summed E-state index contributed by atoms with van der Waals surface area (Å²) in [5, 5.41) is 0. The van der Waals surface area contributed by atoms with Crippen molar-refractivity contribution in [3.8, 4) is 0 Å². The third kappa shape index (κ3) is 2.56. The summed E-state index contributed by atoms with van der Waals surface area (Å²) in [7, 11) is 0. The number of nitrogens with zero attached hydrogens (tertiary/aromatic N) is 1. The van der Waals surface area contributed by atoms with Crippen LogP contribution in [0.4, 0.5) is 0 Å². The van der Waals surface area contributed by atoms with Crippen LogP contribution in [0.2, 0.25) is 0 Å². The van der Waals surface area contributed by atoms with Crippen molar-refractivity contribution in [1.29, 1.82) is 0 Å². The highest BCUT2D eigenvalue weighted by molar-refractivity contribution is 5.08. The molecule has 0 amide bonds. The van der Waals surface area contributed by atoms with Gasteiger partial charge in [0.1, 0.15) is 0 Å². The van der Waals surface area contributed by atoms with Crippen LogP contribution in [0.15, 0.2) is 24.4 Å². The highest BCUT2D eigenvalue weighted by Crippen LogP contribution is 1.95. The summed E-state index contributed by atoms with van der Waals surface area (Å²) < 4.78 is 0. The second-order valence-corrected chi connectivity index (χ2v) is 1.86. The molecule has 0 saturated heterocycles. The molecule has 1 aliphatic heterocycles. The Morgan fingerprint density at radius 1 is 1.44 bits per heavy atom. The molecule has 0 unspecified atom stereocenters. The molecule has 0 atom stereocenters. The van der Waals surface area contributed by atoms with Crippen LogP contribution in [0, 0.1) is 0 Å². The lowest BCUT2D eigenvalue weighted by Crippen LogP contribution is -3.00. The van der Waals surface area contributed by atoms with E-state index in [9.17, 15) is 0 Å². The third-order valence-corrected chi connectivity index (χ3v) is 1.29. The second kappa shape index (κ2) is 4.45. The van der Waals surface area contributed by atoms with Crippen molar-refractivity contribution in [3.05, 3.63) is 24.4 Å². The van der Waals surface area contributed by atoms with E-state index >= 15 is 0 Å². The van der Waals surface area contributed by atoms with Crippen LogP contribution in [0.5, 0.6) is 0 Å². The lowest BCUT2D eigenvalue weighted by Gasteiger charge is -2.16. The summed E-state index contributed by atoms with van der Waals surface area (Å²) >= 11 is 0. The van der Waals surface area contributed by atoms with Gasteiger partial charge in [-0.1, -0.05) is 12.2 Å². The van der Waals surface area contributed by atoms with Crippen LogP contribution in [-0.4, -0.2) is 18.0 Å². The van der Waals surface area contributed by atoms with Gasteiger partial charge in [-0.05, 0) is 19.2 Å². The smallest absolute Gasteiger partial charge is 0.0356 e. The fourth-order valence-electron chi connectivity index (χ4n) is 0.742. The number of rotatable bonds is 1. The van der Waals surface area contributed by atoms with E-state index < -0.39 is 0 Å². The number of halogens is 1. The van der Waals surface area contributed by atoms with Crippen molar-refractivity contribution in [1.82, 2.24) is 4.90 Å². The Morgan fingerprint density at radius 3 is 2.56 bits per heavy atom. The maximum atomic E-state index is 2.25. The average molecular weight is 145 g/mol. The van der Waals surface area contributed by atoms with Crippen LogP contribution in [-0.2, 0) is 0 Å². The first-order valence-corrected chi connectivity index (χ1v) is 3.01. The fourth-order valence-corrected chi connectivity index (χ4v) is 0.742. The average Bonchev–Trinajstić information content (AvgIpc) is 1.90. The SMILES string of the molecule is CCN1C=CC=CC1.[Cl-]. The lowest BCUT2D eigenvalue weighted by atomic mass is 10.3. The molecule has 0 spiro atoms. The van der Waals surface area contributed by atoms with Crippen molar-refractivity contribution in [2.45, 2.75) is 6.92 Å². The Kier molecular flexibility index (Phi) is 4.24. The molecule has 0 aromatic carbocycles. The van der Waals surface area contributed by atoms with Gasteiger partial charge < -0.3 is 17.3 Å². The molecular formula is C7H11ClN-. The fraction of sp³-hybridized carbons (Fsp3) is 0.429. The number of likely N-dealkylation sites (N-methyl/N-ethyl adjacent to an activating group) is 1. The van der Waals surface area contributed by atoms with Crippen LogP contribution in [0.3, 0.4) is 0 Å². The van der Waals surface area contributed by atoms with E-state index in [1.165, 1.54) is 0 Å². The molecule has 1 nitrogen and oxygen atoms in total. The largest absolute Gasteiger partial charge is 1.00 e. The van der Waals surface area contributed by atoms with Gasteiger partial charge in [-0.3, -0.25) is 0 Å². The summed E-state index contributed by atoms with van der Waals surface area (Å²) in [5.74, 6) is 0. The molecule has 0 radical (unpaired) electrons. The van der Waals surface area contributed by atoms with Gasteiger partial charge in [0.05, 0.1) is 0 Å². The van der Waals surface area contributed by atoms with Crippen molar-refractivity contribution >= 4 is 0 Å². The third-order valence-electron chi connectivity index (χ3n) is 1.29. The molecule has 0 saturated carbocycles. The minimum atomic E-state index is 0. The molecule has 1 rings (SSSR count). The minimum absolute atomic E-state index is 0. The van der Waals surface area contributed by atoms with Gasteiger partial charge in [0.25, 0.3) is 0 Å². The highest BCUT2D eigenvalue weighted by atomic mass is 35.5. The van der Waals surface area contributed by atoms with Crippen molar-refractivity contribution in [2.75, 3.05) is 13.1 Å². The van der Waals surface area contributed by atoms with E-state index in [-0.39, 0.29) is 12.4 Å².